The van der Waals surface area contributed by atoms with Crippen molar-refractivity contribution in [1.29, 1.82) is 0 Å². The summed E-state index contributed by atoms with van der Waals surface area (Å²) in [5.41, 5.74) is 12.8. The van der Waals surface area contributed by atoms with E-state index < -0.39 is 0 Å². The van der Waals surface area contributed by atoms with Crippen molar-refractivity contribution in [2.45, 2.75) is 25.7 Å². The van der Waals surface area contributed by atoms with Crippen molar-refractivity contribution < 1.29 is 0 Å². The molecule has 2 heteroatoms. The van der Waals surface area contributed by atoms with Gasteiger partial charge >= 0.3 is 0 Å². The molecule has 0 bridgehead atoms. The van der Waals surface area contributed by atoms with Gasteiger partial charge in [0.05, 0.1) is 11.4 Å². The van der Waals surface area contributed by atoms with E-state index in [9.17, 15) is 0 Å². The highest BCUT2D eigenvalue weighted by Crippen LogP contribution is 2.44. The third kappa shape index (κ3) is 6.47. The maximum Gasteiger partial charge on any atom is 0.0543 e. The van der Waals surface area contributed by atoms with E-state index in [4.69, 9.17) is 0 Å². The molecule has 2 aliphatic carbocycles. The molecule has 0 amide bonds. The van der Waals surface area contributed by atoms with Gasteiger partial charge in [-0.1, -0.05) is 170 Å². The van der Waals surface area contributed by atoms with Gasteiger partial charge in [-0.25, -0.2) is 0 Å². The van der Waals surface area contributed by atoms with Gasteiger partial charge in [-0.05, 0) is 129 Å². The van der Waals surface area contributed by atoms with Crippen LogP contribution in [-0.2, 0) is 0 Å². The van der Waals surface area contributed by atoms with Crippen molar-refractivity contribution in [3.63, 3.8) is 0 Å². The highest BCUT2D eigenvalue weighted by Gasteiger charge is 2.23. The Morgan fingerprint density at radius 1 is 0.283 bits per heavy atom. The summed E-state index contributed by atoms with van der Waals surface area (Å²) in [6.45, 7) is 0. The van der Waals surface area contributed by atoms with E-state index in [-0.39, 0.29) is 0 Å². The summed E-state index contributed by atoms with van der Waals surface area (Å²) in [5.74, 6) is 0. The number of allylic oxidation sites excluding steroid dienone is 8. The number of fused-ring (bicyclic) bond motifs is 6. The quantitative estimate of drug-likeness (QED) is 0.142. The summed E-state index contributed by atoms with van der Waals surface area (Å²) in [6, 6.07) is 70.9. The van der Waals surface area contributed by atoms with Crippen LogP contribution in [0.15, 0.2) is 230 Å². The van der Waals surface area contributed by atoms with Gasteiger partial charge in [0.2, 0.25) is 0 Å². The van der Waals surface area contributed by atoms with Gasteiger partial charge in [-0.15, -0.1) is 0 Å². The van der Waals surface area contributed by atoms with Gasteiger partial charge in [-0.2, -0.15) is 0 Å². The lowest BCUT2D eigenvalue weighted by atomic mass is 9.91. The summed E-state index contributed by atoms with van der Waals surface area (Å²) in [4.78, 5) is 4.95. The molecular weight excluding hydrogens is 725 g/mol. The topological polar surface area (TPSA) is 6.48 Å². The van der Waals surface area contributed by atoms with Crippen LogP contribution in [0, 0.1) is 0 Å². The van der Waals surface area contributed by atoms with Gasteiger partial charge in [0.1, 0.15) is 0 Å². The molecule has 60 heavy (non-hydrogen) atoms. The molecule has 286 valence electrons. The lowest BCUT2D eigenvalue weighted by Crippen LogP contribution is -2.18. The van der Waals surface area contributed by atoms with Crippen LogP contribution < -0.4 is 9.80 Å². The number of rotatable bonds is 8. The Bertz CT molecular complexity index is 2970. The molecule has 0 saturated carbocycles. The van der Waals surface area contributed by atoms with Crippen LogP contribution in [0.25, 0.3) is 54.2 Å². The average molecular weight is 769 g/mol. The molecular formula is C58H44N2. The number of hydrogen-bond acceptors (Lipinski definition) is 2. The van der Waals surface area contributed by atoms with Gasteiger partial charge < -0.3 is 9.80 Å². The van der Waals surface area contributed by atoms with Gasteiger partial charge in [-0.3, -0.25) is 0 Å². The standard InChI is InChI=1S/C58H44N2/c1-3-17-47(18-4-1)59(57-39-45-15-7-9-21-51(45)53-23-11-13-25-55(53)57)49-35-31-43(32-36-49)41-27-29-42(30-28-41)44-33-37-50(38-34-44)60(48-19-5-2-6-20-48)58-40-46-16-8-10-22-52(46)54-24-12-14-26-56(54)58/h1-31,33,35,37,39-40H,32,34,36,38H2. The molecule has 2 nitrogen and oxygen atoms in total. The molecule has 0 atom stereocenters. The van der Waals surface area contributed by atoms with Crippen LogP contribution >= 0.6 is 0 Å². The summed E-state index contributed by atoms with van der Waals surface area (Å²) in [5, 5.41) is 10.2. The lowest BCUT2D eigenvalue weighted by Gasteiger charge is -2.31. The van der Waals surface area contributed by atoms with Gasteiger partial charge in [0.15, 0.2) is 0 Å². The molecule has 0 heterocycles. The Labute approximate surface area is 352 Å². The third-order valence-corrected chi connectivity index (χ3v) is 12.5. The van der Waals surface area contributed by atoms with Crippen molar-refractivity contribution in [2.24, 2.45) is 0 Å². The zero-order valence-corrected chi connectivity index (χ0v) is 33.5. The van der Waals surface area contributed by atoms with Crippen molar-refractivity contribution in [3.05, 3.63) is 241 Å². The zero-order valence-electron chi connectivity index (χ0n) is 33.5. The minimum atomic E-state index is 0.951. The molecule has 11 rings (SSSR count). The van der Waals surface area contributed by atoms with Crippen LogP contribution in [0.2, 0.25) is 0 Å². The Kier molecular flexibility index (Phi) is 9.17. The Balaban J connectivity index is 0.903. The number of para-hydroxylation sites is 2. The highest BCUT2D eigenvalue weighted by atomic mass is 15.2. The first-order chi connectivity index (χ1) is 29.8. The molecule has 0 aliphatic heterocycles. The fraction of sp³-hybridized carbons (Fsp3) is 0.0690. The molecule has 2 aliphatic rings. The Hall–Kier alpha value is -7.42. The van der Waals surface area contributed by atoms with E-state index in [0.29, 0.717) is 0 Å². The van der Waals surface area contributed by atoms with Crippen molar-refractivity contribution in [3.8, 4) is 0 Å². The minimum Gasteiger partial charge on any atom is -0.314 e. The van der Waals surface area contributed by atoms with Crippen LogP contribution in [0.4, 0.5) is 22.7 Å². The molecule has 0 saturated heterocycles. The summed E-state index contributed by atoms with van der Waals surface area (Å²) in [7, 11) is 0. The Morgan fingerprint density at radius 3 is 1.02 bits per heavy atom. The second-order valence-corrected chi connectivity index (χ2v) is 15.9. The molecule has 0 radical (unpaired) electrons. The molecule has 0 aromatic heterocycles. The molecule has 0 unspecified atom stereocenters. The fourth-order valence-electron chi connectivity index (χ4n) is 9.52. The van der Waals surface area contributed by atoms with Crippen LogP contribution in [0.5, 0.6) is 0 Å². The predicted octanol–water partition coefficient (Wildman–Crippen LogP) is 16.1. The second-order valence-electron chi connectivity index (χ2n) is 15.9. The van der Waals surface area contributed by atoms with Crippen LogP contribution in [0.1, 0.15) is 36.8 Å². The summed E-state index contributed by atoms with van der Waals surface area (Å²) < 4.78 is 0. The summed E-state index contributed by atoms with van der Waals surface area (Å²) in [6.07, 6.45) is 13.2. The number of hydrogen-bond donors (Lipinski definition) is 0. The van der Waals surface area contributed by atoms with Gasteiger partial charge in [0, 0.05) is 33.5 Å². The molecule has 0 fully saturated rings. The second kappa shape index (κ2) is 15.4. The SMILES string of the molecule is C1=C(c2ccc(C3=CC=C(N(c4ccccc4)c4cc5ccccc5c5ccccc45)CC3)cc2)CCC(N(c2ccccc2)c2cc3ccccc3c3ccccc23)=C1. The molecule has 9 aromatic rings. The van der Waals surface area contributed by atoms with Crippen LogP contribution in [-0.4, -0.2) is 0 Å². The van der Waals surface area contributed by atoms with Crippen molar-refractivity contribution in [2.75, 3.05) is 9.80 Å². The largest absolute Gasteiger partial charge is 0.314 e. The summed E-state index contributed by atoms with van der Waals surface area (Å²) >= 11 is 0. The minimum absolute atomic E-state index is 0.951. The monoisotopic (exact) mass is 768 g/mol. The van der Waals surface area contributed by atoms with E-state index in [0.717, 1.165) is 25.7 Å². The molecule has 9 aromatic carbocycles. The lowest BCUT2D eigenvalue weighted by molar-refractivity contribution is 0.930. The maximum absolute atomic E-state index is 2.48. The zero-order chi connectivity index (χ0) is 39.8. The average Bonchev–Trinajstić information content (AvgIpc) is 3.33. The van der Waals surface area contributed by atoms with E-state index >= 15 is 0 Å². The maximum atomic E-state index is 2.48. The van der Waals surface area contributed by atoms with E-state index in [1.54, 1.807) is 0 Å². The normalized spacial score (nSPS) is 14.1. The number of nitrogens with zero attached hydrogens (tertiary/aromatic N) is 2. The highest BCUT2D eigenvalue weighted by molar-refractivity contribution is 6.15. The number of benzene rings is 9. The smallest absolute Gasteiger partial charge is 0.0543 e. The van der Waals surface area contributed by atoms with Crippen molar-refractivity contribution >= 4 is 77.0 Å². The van der Waals surface area contributed by atoms with Crippen molar-refractivity contribution in [1.82, 2.24) is 0 Å². The molecule has 0 N–H and O–H groups in total. The van der Waals surface area contributed by atoms with Crippen LogP contribution in [0.3, 0.4) is 0 Å². The predicted molar refractivity (Wildman–Crippen MR) is 257 cm³/mol. The number of anilines is 4. The third-order valence-electron chi connectivity index (χ3n) is 12.5. The molecule has 0 spiro atoms. The fourth-order valence-corrected chi connectivity index (χ4v) is 9.52. The van der Waals surface area contributed by atoms with Gasteiger partial charge in [0.25, 0.3) is 0 Å². The van der Waals surface area contributed by atoms with E-state index in [2.05, 4.69) is 228 Å². The first kappa shape index (κ1) is 35.7. The van der Waals surface area contributed by atoms with E-state index in [1.165, 1.54) is 99.5 Å². The Morgan fingerprint density at radius 2 is 0.633 bits per heavy atom. The first-order valence-corrected chi connectivity index (χ1v) is 21.2. The van der Waals surface area contributed by atoms with E-state index in [1.807, 2.05) is 0 Å². The first-order valence-electron chi connectivity index (χ1n) is 21.2.